The lowest BCUT2D eigenvalue weighted by molar-refractivity contribution is -0.137. The Bertz CT molecular complexity index is 740. The Hall–Kier alpha value is -2.54. The largest absolute Gasteiger partial charge is 0.492 e. The lowest BCUT2D eigenvalue weighted by Gasteiger charge is -2.34. The zero-order chi connectivity index (χ0) is 19.3. The molecule has 1 aliphatic rings. The van der Waals surface area contributed by atoms with E-state index in [0.717, 1.165) is 24.4 Å². The Morgan fingerprint density at radius 3 is 2.15 bits per heavy atom. The highest BCUT2D eigenvalue weighted by molar-refractivity contribution is 5.94. The van der Waals surface area contributed by atoms with Crippen LogP contribution in [-0.2, 0) is 6.18 Å². The molecule has 2 aromatic rings. The molecule has 4 nitrogen and oxygen atoms in total. The quantitative estimate of drug-likeness (QED) is 0.798. The molecule has 1 heterocycles. The van der Waals surface area contributed by atoms with Crippen molar-refractivity contribution in [2.24, 2.45) is 0 Å². The molecule has 144 valence electrons. The fourth-order valence-corrected chi connectivity index (χ4v) is 2.97. The zero-order valence-electron chi connectivity index (χ0n) is 14.8. The van der Waals surface area contributed by atoms with Gasteiger partial charge in [0.05, 0.1) is 5.56 Å². The predicted molar refractivity (Wildman–Crippen MR) is 95.7 cm³/mol. The summed E-state index contributed by atoms with van der Waals surface area (Å²) in [6.45, 7) is 3.85. The molecule has 1 saturated heterocycles. The van der Waals surface area contributed by atoms with E-state index < -0.39 is 11.7 Å². The number of ether oxygens (including phenoxy) is 1. The van der Waals surface area contributed by atoms with E-state index in [0.29, 0.717) is 32.8 Å². The van der Waals surface area contributed by atoms with Crippen LogP contribution in [0.3, 0.4) is 0 Å². The molecule has 0 saturated carbocycles. The third kappa shape index (κ3) is 5.23. The molecule has 0 N–H and O–H groups in total. The molecule has 0 aromatic heterocycles. The summed E-state index contributed by atoms with van der Waals surface area (Å²) in [4.78, 5) is 16.4. The number of amides is 1. The van der Waals surface area contributed by atoms with Crippen molar-refractivity contribution in [3.63, 3.8) is 0 Å². The van der Waals surface area contributed by atoms with E-state index in [-0.39, 0.29) is 11.5 Å². The number of piperazine rings is 1. The Kier molecular flexibility index (Phi) is 6.01. The number of nitrogens with zero attached hydrogens (tertiary/aromatic N) is 2. The number of halogens is 3. The average Bonchev–Trinajstić information content (AvgIpc) is 2.68. The van der Waals surface area contributed by atoms with Gasteiger partial charge in [-0.2, -0.15) is 13.2 Å². The number of carbonyl (C=O) groups is 1. The first-order chi connectivity index (χ1) is 12.9. The van der Waals surface area contributed by atoms with Crippen molar-refractivity contribution in [3.05, 3.63) is 65.7 Å². The zero-order valence-corrected chi connectivity index (χ0v) is 14.8. The van der Waals surface area contributed by atoms with Gasteiger partial charge in [-0.25, -0.2) is 0 Å². The van der Waals surface area contributed by atoms with Crippen molar-refractivity contribution in [1.29, 1.82) is 0 Å². The van der Waals surface area contributed by atoms with E-state index in [1.807, 2.05) is 30.3 Å². The van der Waals surface area contributed by atoms with Gasteiger partial charge in [-0.3, -0.25) is 9.69 Å². The van der Waals surface area contributed by atoms with Crippen LogP contribution in [-0.4, -0.2) is 55.0 Å². The molecule has 0 bridgehead atoms. The van der Waals surface area contributed by atoms with Gasteiger partial charge in [-0.1, -0.05) is 18.2 Å². The number of hydrogen-bond donors (Lipinski definition) is 0. The second kappa shape index (κ2) is 8.43. The van der Waals surface area contributed by atoms with Gasteiger partial charge in [0.1, 0.15) is 12.4 Å². The van der Waals surface area contributed by atoms with Gasteiger partial charge in [0.25, 0.3) is 5.91 Å². The maximum Gasteiger partial charge on any atom is 0.416 e. The molecule has 0 atom stereocenters. The molecule has 0 aliphatic carbocycles. The first-order valence-electron chi connectivity index (χ1n) is 8.80. The minimum absolute atomic E-state index is 0.232. The standard InChI is InChI=1S/C20H21F3N2O2/c21-20(22,23)17-8-6-16(7-9-17)19(26)25-12-10-24(11-13-25)14-15-27-18-4-2-1-3-5-18/h1-9H,10-15H2. The lowest BCUT2D eigenvalue weighted by Crippen LogP contribution is -2.49. The number of hydrogen-bond acceptors (Lipinski definition) is 3. The van der Waals surface area contributed by atoms with E-state index in [2.05, 4.69) is 4.90 Å². The third-order valence-corrected chi connectivity index (χ3v) is 4.54. The van der Waals surface area contributed by atoms with Gasteiger partial charge in [-0.05, 0) is 36.4 Å². The summed E-state index contributed by atoms with van der Waals surface area (Å²) in [6, 6.07) is 14.0. The van der Waals surface area contributed by atoms with Gasteiger partial charge in [0, 0.05) is 38.3 Å². The molecule has 7 heteroatoms. The average molecular weight is 378 g/mol. The van der Waals surface area contributed by atoms with Crippen molar-refractivity contribution in [2.75, 3.05) is 39.3 Å². The minimum atomic E-state index is -4.39. The lowest BCUT2D eigenvalue weighted by atomic mass is 10.1. The number of para-hydroxylation sites is 1. The molecule has 2 aromatic carbocycles. The van der Waals surface area contributed by atoms with Crippen LogP contribution in [0.5, 0.6) is 5.75 Å². The maximum atomic E-state index is 12.6. The summed E-state index contributed by atoms with van der Waals surface area (Å²) in [5, 5.41) is 0. The Morgan fingerprint density at radius 1 is 0.926 bits per heavy atom. The highest BCUT2D eigenvalue weighted by Crippen LogP contribution is 2.29. The van der Waals surface area contributed by atoms with Crippen LogP contribution in [0.1, 0.15) is 15.9 Å². The Labute approximate surface area is 156 Å². The van der Waals surface area contributed by atoms with Crippen molar-refractivity contribution in [2.45, 2.75) is 6.18 Å². The van der Waals surface area contributed by atoms with E-state index in [4.69, 9.17) is 4.74 Å². The second-order valence-electron chi connectivity index (χ2n) is 6.37. The van der Waals surface area contributed by atoms with Crippen LogP contribution in [0.4, 0.5) is 13.2 Å². The van der Waals surface area contributed by atoms with E-state index in [1.165, 1.54) is 12.1 Å². The number of carbonyl (C=O) groups excluding carboxylic acids is 1. The van der Waals surface area contributed by atoms with Gasteiger partial charge in [0.15, 0.2) is 0 Å². The van der Waals surface area contributed by atoms with Crippen LogP contribution < -0.4 is 4.74 Å². The summed E-state index contributed by atoms with van der Waals surface area (Å²) in [5.41, 5.74) is -0.467. The summed E-state index contributed by atoms with van der Waals surface area (Å²) < 4.78 is 43.5. The summed E-state index contributed by atoms with van der Waals surface area (Å²) in [5.74, 6) is 0.595. The van der Waals surface area contributed by atoms with Crippen molar-refractivity contribution in [3.8, 4) is 5.75 Å². The monoisotopic (exact) mass is 378 g/mol. The summed E-state index contributed by atoms with van der Waals surface area (Å²) >= 11 is 0. The first kappa shape index (κ1) is 19.2. The molecule has 1 amide bonds. The highest BCUT2D eigenvalue weighted by atomic mass is 19.4. The smallest absolute Gasteiger partial charge is 0.416 e. The molecular formula is C20H21F3N2O2. The molecule has 0 radical (unpaired) electrons. The molecule has 0 unspecified atom stereocenters. The van der Waals surface area contributed by atoms with Crippen molar-refractivity contribution >= 4 is 5.91 Å². The maximum absolute atomic E-state index is 12.6. The van der Waals surface area contributed by atoms with Crippen LogP contribution in [0, 0.1) is 0 Å². The summed E-state index contributed by atoms with van der Waals surface area (Å²) in [6.07, 6.45) is -4.39. The fraction of sp³-hybridized carbons (Fsp3) is 0.350. The van der Waals surface area contributed by atoms with Gasteiger partial charge in [0.2, 0.25) is 0 Å². The number of rotatable bonds is 5. The molecule has 1 aliphatic heterocycles. The highest BCUT2D eigenvalue weighted by Gasteiger charge is 2.30. The molecule has 0 spiro atoms. The van der Waals surface area contributed by atoms with Crippen LogP contribution >= 0.6 is 0 Å². The normalized spacial score (nSPS) is 15.6. The SMILES string of the molecule is O=C(c1ccc(C(F)(F)F)cc1)N1CCN(CCOc2ccccc2)CC1. The van der Waals surface area contributed by atoms with Gasteiger partial charge < -0.3 is 9.64 Å². The first-order valence-corrected chi connectivity index (χ1v) is 8.80. The topological polar surface area (TPSA) is 32.8 Å². The Morgan fingerprint density at radius 2 is 1.56 bits per heavy atom. The van der Waals surface area contributed by atoms with Crippen LogP contribution in [0.25, 0.3) is 0 Å². The van der Waals surface area contributed by atoms with Crippen molar-refractivity contribution < 1.29 is 22.7 Å². The molecule has 1 fully saturated rings. The van der Waals surface area contributed by atoms with Crippen LogP contribution in [0.15, 0.2) is 54.6 Å². The van der Waals surface area contributed by atoms with Gasteiger partial charge >= 0.3 is 6.18 Å². The molecule has 3 rings (SSSR count). The van der Waals surface area contributed by atoms with Crippen molar-refractivity contribution in [1.82, 2.24) is 9.80 Å². The third-order valence-electron chi connectivity index (χ3n) is 4.54. The van der Waals surface area contributed by atoms with Gasteiger partial charge in [-0.15, -0.1) is 0 Å². The van der Waals surface area contributed by atoms with E-state index in [9.17, 15) is 18.0 Å². The van der Waals surface area contributed by atoms with E-state index in [1.54, 1.807) is 4.90 Å². The molecule has 27 heavy (non-hydrogen) atoms. The Balaban J connectivity index is 1.45. The molecular weight excluding hydrogens is 357 g/mol. The minimum Gasteiger partial charge on any atom is -0.492 e. The number of benzene rings is 2. The predicted octanol–water partition coefficient (Wildman–Crippen LogP) is 3.54. The summed E-state index contributed by atoms with van der Waals surface area (Å²) in [7, 11) is 0. The van der Waals surface area contributed by atoms with E-state index >= 15 is 0 Å². The second-order valence-corrected chi connectivity index (χ2v) is 6.37. The van der Waals surface area contributed by atoms with Crippen LogP contribution in [0.2, 0.25) is 0 Å². The number of alkyl halides is 3. The fourth-order valence-electron chi connectivity index (χ4n) is 2.97.